The van der Waals surface area contributed by atoms with Gasteiger partial charge in [-0.15, -0.1) is 0 Å². The summed E-state index contributed by atoms with van der Waals surface area (Å²) in [5.41, 5.74) is -12.0. The average molecular weight is 935 g/mol. The molecule has 0 aliphatic carbocycles. The summed E-state index contributed by atoms with van der Waals surface area (Å²) in [5, 5.41) is 0. The van der Waals surface area contributed by atoms with E-state index in [1.807, 2.05) is 0 Å². The van der Waals surface area contributed by atoms with Crippen LogP contribution in [-0.4, -0.2) is 42.3 Å². The Balaban J connectivity index is 1.87. The van der Waals surface area contributed by atoms with Gasteiger partial charge in [0.15, 0.2) is 5.78 Å². The van der Waals surface area contributed by atoms with Crippen LogP contribution < -0.4 is 0 Å². The smallest absolute Gasteiger partial charge is 0.405 e. The molecule has 4 aromatic rings. The van der Waals surface area contributed by atoms with Gasteiger partial charge in [0.1, 0.15) is 5.82 Å². The first-order valence-corrected chi connectivity index (χ1v) is 23.9. The van der Waals surface area contributed by atoms with Gasteiger partial charge in [0, 0.05) is 16.7 Å². The summed E-state index contributed by atoms with van der Waals surface area (Å²) in [6, 6.07) is 20.8. The molecule has 0 saturated carbocycles. The first-order valence-electron chi connectivity index (χ1n) is 20.8. The van der Waals surface area contributed by atoms with E-state index in [2.05, 4.69) is 0 Å². The van der Waals surface area contributed by atoms with Crippen molar-refractivity contribution in [2.75, 3.05) is 13.2 Å². The van der Waals surface area contributed by atoms with Crippen molar-refractivity contribution in [3.63, 3.8) is 0 Å². The minimum absolute atomic E-state index is 0.0905. The van der Waals surface area contributed by atoms with E-state index in [0.29, 0.717) is 16.7 Å². The summed E-state index contributed by atoms with van der Waals surface area (Å²) in [6.45, 7) is 14.6. The second-order valence-corrected chi connectivity index (χ2v) is 21.4. The maximum absolute atomic E-state index is 16.4. The molecule has 0 saturated heterocycles. The number of halogens is 5. The molecule has 4 rings (SSSR count). The standard InChI is InChI=1S/C48H57F5O9P2/c1-11-58-63(56,59-12-2)47(50,51)39-23-15-34(16-24-39)14-13-31-46(42(54)36-21-29-41(49)30-22-36,38-27-19-37(20-28-38)43(55)60-33(3)4)32-35-17-25-40(26-18-35)48(52,53)64(57,61-44(5,6)7)62-45(8,9)10/h13-30,33H,11-12,31-32H2,1-10H3. The average Bonchev–Trinajstić information content (AvgIpc) is 3.19. The highest BCUT2D eigenvalue weighted by Crippen LogP contribution is 2.70. The molecule has 0 radical (unpaired) electrons. The molecule has 0 spiro atoms. The number of esters is 1. The van der Waals surface area contributed by atoms with E-state index in [1.165, 1.54) is 104 Å². The van der Waals surface area contributed by atoms with Crippen LogP contribution in [0.15, 0.2) is 103 Å². The number of hydrogen-bond acceptors (Lipinski definition) is 9. The molecule has 0 amide bonds. The molecule has 0 heterocycles. The molecule has 1 atom stereocenters. The van der Waals surface area contributed by atoms with Gasteiger partial charge >= 0.3 is 32.5 Å². The molecule has 0 fully saturated rings. The van der Waals surface area contributed by atoms with E-state index in [1.54, 1.807) is 38.1 Å². The van der Waals surface area contributed by atoms with Crippen molar-refractivity contribution in [2.45, 2.75) is 116 Å². The van der Waals surface area contributed by atoms with Gasteiger partial charge in [-0.25, -0.2) is 9.18 Å². The first kappa shape index (κ1) is 52.3. The van der Waals surface area contributed by atoms with Crippen LogP contribution in [0.4, 0.5) is 22.0 Å². The molecular weight excluding hydrogens is 877 g/mol. The Morgan fingerprint density at radius 2 is 1.06 bits per heavy atom. The third kappa shape index (κ3) is 12.5. The largest absolute Gasteiger partial charge is 0.459 e. The lowest BCUT2D eigenvalue weighted by Gasteiger charge is -2.36. The van der Waals surface area contributed by atoms with Crippen molar-refractivity contribution in [1.82, 2.24) is 0 Å². The summed E-state index contributed by atoms with van der Waals surface area (Å²) < 4.78 is 131. The minimum Gasteiger partial charge on any atom is -0.459 e. The molecule has 348 valence electrons. The van der Waals surface area contributed by atoms with Crippen molar-refractivity contribution in [3.8, 4) is 0 Å². The second kappa shape index (κ2) is 20.5. The second-order valence-electron chi connectivity index (χ2n) is 17.4. The fraction of sp³-hybridized carbons (Fsp3) is 0.417. The number of Topliss-reactive ketones (excluding diaryl/α,β-unsaturated/α-hetero) is 1. The molecule has 16 heteroatoms. The van der Waals surface area contributed by atoms with Crippen LogP contribution in [-0.2, 0) is 55.1 Å². The molecule has 1 unspecified atom stereocenters. The molecule has 4 aromatic carbocycles. The molecule has 0 bridgehead atoms. The number of ketones is 1. The van der Waals surface area contributed by atoms with E-state index in [9.17, 15) is 23.1 Å². The number of alkyl halides is 4. The summed E-state index contributed by atoms with van der Waals surface area (Å²) >= 11 is 0. The van der Waals surface area contributed by atoms with Gasteiger partial charge in [0.2, 0.25) is 0 Å². The predicted molar refractivity (Wildman–Crippen MR) is 238 cm³/mol. The van der Waals surface area contributed by atoms with Crippen molar-refractivity contribution in [2.24, 2.45) is 0 Å². The van der Waals surface area contributed by atoms with Crippen molar-refractivity contribution < 1.29 is 63.5 Å². The van der Waals surface area contributed by atoms with E-state index in [4.69, 9.17) is 22.8 Å². The Morgan fingerprint density at radius 1 is 0.625 bits per heavy atom. The highest BCUT2D eigenvalue weighted by atomic mass is 31.2. The number of benzene rings is 4. The molecule has 9 nitrogen and oxygen atoms in total. The van der Waals surface area contributed by atoms with Crippen LogP contribution in [0.1, 0.15) is 124 Å². The zero-order valence-corrected chi connectivity index (χ0v) is 39.5. The van der Waals surface area contributed by atoms with Crippen LogP contribution in [0.25, 0.3) is 6.08 Å². The predicted octanol–water partition coefficient (Wildman–Crippen LogP) is 14.0. The van der Waals surface area contributed by atoms with Gasteiger partial charge in [-0.05, 0) is 135 Å². The summed E-state index contributed by atoms with van der Waals surface area (Å²) in [5.74, 6) is -1.70. The van der Waals surface area contributed by atoms with E-state index in [-0.39, 0.29) is 37.2 Å². The van der Waals surface area contributed by atoms with Gasteiger partial charge in [0.05, 0.1) is 41.5 Å². The van der Waals surface area contributed by atoms with Crippen LogP contribution in [0.5, 0.6) is 0 Å². The van der Waals surface area contributed by atoms with E-state index < -0.39 is 77.9 Å². The zero-order valence-electron chi connectivity index (χ0n) is 37.8. The van der Waals surface area contributed by atoms with Gasteiger partial charge in [-0.2, -0.15) is 17.6 Å². The Kier molecular flexibility index (Phi) is 16.7. The maximum atomic E-state index is 16.4. The number of rotatable bonds is 20. The summed E-state index contributed by atoms with van der Waals surface area (Å²) in [4.78, 5) is 27.9. The summed E-state index contributed by atoms with van der Waals surface area (Å²) in [7, 11) is -10.1. The van der Waals surface area contributed by atoms with Crippen LogP contribution in [0, 0.1) is 5.82 Å². The number of ether oxygens (including phenoxy) is 1. The Hall–Kier alpha value is -4.29. The van der Waals surface area contributed by atoms with E-state index >= 15 is 17.6 Å². The Bertz CT molecular complexity index is 2310. The lowest BCUT2D eigenvalue weighted by Crippen LogP contribution is -2.38. The Morgan fingerprint density at radius 3 is 1.52 bits per heavy atom. The maximum Gasteiger partial charge on any atom is 0.405 e. The number of hydrogen-bond donors (Lipinski definition) is 0. The fourth-order valence-electron chi connectivity index (χ4n) is 6.75. The van der Waals surface area contributed by atoms with Crippen LogP contribution in [0.2, 0.25) is 0 Å². The molecule has 64 heavy (non-hydrogen) atoms. The highest BCUT2D eigenvalue weighted by Gasteiger charge is 2.58. The zero-order chi connectivity index (χ0) is 47.9. The fourth-order valence-corrected chi connectivity index (χ4v) is 10.5. The monoisotopic (exact) mass is 934 g/mol. The summed E-state index contributed by atoms with van der Waals surface area (Å²) in [6.07, 6.45) is 2.57. The molecule has 0 aromatic heterocycles. The van der Waals surface area contributed by atoms with Gasteiger partial charge in [0.25, 0.3) is 0 Å². The lowest BCUT2D eigenvalue weighted by atomic mass is 9.68. The number of carbonyl (C=O) groups is 2. The number of allylic oxidation sites excluding steroid dienone is 1. The quantitative estimate of drug-likeness (QED) is 0.0370. The number of carbonyl (C=O) groups excluding carboxylic acids is 2. The normalized spacial score (nSPS) is 14.2. The topological polar surface area (TPSA) is 114 Å². The molecule has 0 aliphatic heterocycles. The third-order valence-electron chi connectivity index (χ3n) is 9.47. The van der Waals surface area contributed by atoms with Gasteiger partial charge in [-0.3, -0.25) is 23.0 Å². The first-order chi connectivity index (χ1) is 29.6. The Labute approximate surface area is 372 Å². The third-order valence-corrected chi connectivity index (χ3v) is 14.1. The molecule has 0 aliphatic rings. The van der Waals surface area contributed by atoms with Crippen molar-refractivity contribution in [3.05, 3.63) is 148 Å². The van der Waals surface area contributed by atoms with Gasteiger partial charge < -0.3 is 13.8 Å². The van der Waals surface area contributed by atoms with Crippen LogP contribution in [0.3, 0.4) is 0 Å². The van der Waals surface area contributed by atoms with E-state index in [0.717, 1.165) is 36.4 Å². The highest BCUT2D eigenvalue weighted by molar-refractivity contribution is 7.55. The lowest BCUT2D eigenvalue weighted by molar-refractivity contribution is -0.0213. The molecule has 0 N–H and O–H groups in total. The van der Waals surface area contributed by atoms with Gasteiger partial charge in [-0.1, -0.05) is 72.8 Å². The van der Waals surface area contributed by atoms with Crippen LogP contribution >= 0.6 is 15.2 Å². The molecular formula is C48H57F5O9P2. The SMILES string of the molecule is CCOP(=O)(OCC)C(F)(F)c1ccc(C=CCC(Cc2ccc(C(F)(F)P(=O)(OC(C)(C)C)OC(C)(C)C)cc2)(C(=O)c2ccc(F)cc2)c2ccc(C(=O)OC(C)C)cc2)cc1. The van der Waals surface area contributed by atoms with Crippen molar-refractivity contribution in [1.29, 1.82) is 0 Å². The minimum atomic E-state index is -5.18. The van der Waals surface area contributed by atoms with Crippen molar-refractivity contribution >= 4 is 33.0 Å².